The molecule has 1 fully saturated rings. The van der Waals surface area contributed by atoms with Crippen LogP contribution in [0.25, 0.3) is 11.3 Å². The van der Waals surface area contributed by atoms with E-state index >= 15 is 0 Å². The van der Waals surface area contributed by atoms with Gasteiger partial charge in [-0.2, -0.15) is 0 Å². The molecular formula is C19H22N6OS. The van der Waals surface area contributed by atoms with Crippen molar-refractivity contribution in [3.8, 4) is 11.3 Å². The minimum absolute atomic E-state index is 0.237. The summed E-state index contributed by atoms with van der Waals surface area (Å²) in [5.74, 6) is -0.237. The summed E-state index contributed by atoms with van der Waals surface area (Å²) in [4.78, 5) is 17.2. The van der Waals surface area contributed by atoms with Crippen molar-refractivity contribution >= 4 is 22.9 Å². The largest absolute Gasteiger partial charge is 0.321 e. The van der Waals surface area contributed by atoms with Crippen LogP contribution in [0.3, 0.4) is 0 Å². The van der Waals surface area contributed by atoms with Crippen LogP contribution in [0.5, 0.6) is 0 Å². The maximum absolute atomic E-state index is 12.7. The molecule has 0 bridgehead atoms. The number of hydrogen-bond acceptors (Lipinski definition) is 6. The van der Waals surface area contributed by atoms with E-state index in [1.807, 2.05) is 48.2 Å². The van der Waals surface area contributed by atoms with Crippen molar-refractivity contribution in [3.05, 3.63) is 46.0 Å². The molecule has 1 saturated heterocycles. The van der Waals surface area contributed by atoms with Gasteiger partial charge in [0.15, 0.2) is 5.69 Å². The average Bonchev–Trinajstić information content (AvgIpc) is 3.28. The Morgan fingerprint density at radius 3 is 2.85 bits per heavy atom. The molecule has 2 N–H and O–H groups in total. The summed E-state index contributed by atoms with van der Waals surface area (Å²) in [5.41, 5.74) is 3.81. The fraction of sp³-hybridized carbons (Fsp3) is 0.368. The van der Waals surface area contributed by atoms with Crippen LogP contribution in [0.15, 0.2) is 29.6 Å². The monoisotopic (exact) mass is 382 g/mol. The number of hydrogen-bond donors (Lipinski definition) is 2. The van der Waals surface area contributed by atoms with Crippen molar-refractivity contribution < 1.29 is 4.79 Å². The third-order valence-electron chi connectivity index (χ3n) is 4.83. The molecule has 0 atom stereocenters. The van der Waals surface area contributed by atoms with Crippen molar-refractivity contribution in [2.24, 2.45) is 0 Å². The third-order valence-corrected chi connectivity index (χ3v) is 5.61. The van der Waals surface area contributed by atoms with E-state index < -0.39 is 0 Å². The summed E-state index contributed by atoms with van der Waals surface area (Å²) in [6.07, 6.45) is 2.00. The molecule has 0 unspecified atom stereocenters. The number of benzene rings is 1. The molecule has 0 radical (unpaired) electrons. The number of rotatable bonds is 4. The quantitative estimate of drug-likeness (QED) is 0.724. The molecule has 0 saturated carbocycles. The number of aryl methyl sites for hydroxylation is 1. The van der Waals surface area contributed by atoms with Crippen molar-refractivity contribution in [2.75, 3.05) is 18.4 Å². The summed E-state index contributed by atoms with van der Waals surface area (Å²) in [5, 5.41) is 17.7. The molecular weight excluding hydrogens is 360 g/mol. The molecule has 1 aliphatic rings. The highest BCUT2D eigenvalue weighted by atomic mass is 32.1. The van der Waals surface area contributed by atoms with Gasteiger partial charge in [0.1, 0.15) is 0 Å². The van der Waals surface area contributed by atoms with Crippen molar-refractivity contribution in [3.63, 3.8) is 0 Å². The Morgan fingerprint density at radius 1 is 1.30 bits per heavy atom. The normalized spacial score (nSPS) is 15.0. The lowest BCUT2D eigenvalue weighted by Crippen LogP contribution is -2.30. The van der Waals surface area contributed by atoms with E-state index in [0.29, 0.717) is 11.7 Å². The molecule has 0 spiro atoms. The average molecular weight is 382 g/mol. The van der Waals surface area contributed by atoms with Gasteiger partial charge in [0.05, 0.1) is 22.4 Å². The Labute approximate surface area is 161 Å². The van der Waals surface area contributed by atoms with E-state index in [2.05, 4.69) is 25.9 Å². The molecule has 0 aliphatic carbocycles. The minimum atomic E-state index is -0.237. The maximum Gasteiger partial charge on any atom is 0.278 e. The molecule has 3 aromatic rings. The Balaban J connectivity index is 1.52. The van der Waals surface area contributed by atoms with Gasteiger partial charge >= 0.3 is 0 Å². The molecule has 1 amide bonds. The first kappa shape index (κ1) is 17.8. The lowest BCUT2D eigenvalue weighted by atomic mass is 10.1. The van der Waals surface area contributed by atoms with Gasteiger partial charge in [-0.15, -0.1) is 16.4 Å². The first-order valence-electron chi connectivity index (χ1n) is 9.08. The van der Waals surface area contributed by atoms with Gasteiger partial charge in [0, 0.05) is 16.6 Å². The van der Waals surface area contributed by atoms with Crippen LogP contribution in [0, 0.1) is 13.8 Å². The lowest BCUT2D eigenvalue weighted by Gasteiger charge is -2.23. The van der Waals surface area contributed by atoms with Gasteiger partial charge in [0.2, 0.25) is 0 Å². The summed E-state index contributed by atoms with van der Waals surface area (Å²) >= 11 is 1.61. The topological polar surface area (TPSA) is 84.7 Å². The van der Waals surface area contributed by atoms with Gasteiger partial charge in [-0.1, -0.05) is 17.3 Å². The highest BCUT2D eigenvalue weighted by Gasteiger charge is 2.23. The molecule has 4 rings (SSSR count). The number of thiazole rings is 1. The number of anilines is 1. The fourth-order valence-electron chi connectivity index (χ4n) is 3.39. The molecule has 8 heteroatoms. The van der Waals surface area contributed by atoms with E-state index in [0.717, 1.165) is 53.6 Å². The summed E-state index contributed by atoms with van der Waals surface area (Å²) in [6.45, 7) is 5.82. The van der Waals surface area contributed by atoms with E-state index in [1.54, 1.807) is 11.3 Å². The van der Waals surface area contributed by atoms with Crippen LogP contribution in [0.2, 0.25) is 0 Å². The number of carbonyl (C=O) groups excluding carboxylic acids is 1. The number of piperidine rings is 1. The lowest BCUT2D eigenvalue weighted by molar-refractivity contribution is 0.102. The number of nitrogens with one attached hydrogen (secondary N) is 2. The Bertz CT molecular complexity index is 957. The van der Waals surface area contributed by atoms with E-state index in [-0.39, 0.29) is 5.91 Å². The van der Waals surface area contributed by atoms with Gasteiger partial charge < -0.3 is 10.6 Å². The molecule has 7 nitrogen and oxygen atoms in total. The highest BCUT2D eigenvalue weighted by Crippen LogP contribution is 2.25. The van der Waals surface area contributed by atoms with Crippen LogP contribution < -0.4 is 10.6 Å². The van der Waals surface area contributed by atoms with Crippen LogP contribution >= 0.6 is 11.3 Å². The van der Waals surface area contributed by atoms with E-state index in [4.69, 9.17) is 0 Å². The number of carbonyl (C=O) groups is 1. The first-order chi connectivity index (χ1) is 13.1. The highest BCUT2D eigenvalue weighted by molar-refractivity contribution is 7.09. The SMILES string of the molecule is Cc1nc(-c2cccc(NC(=O)c3nnn(C4CCNCC4)c3C)c2)cs1. The van der Waals surface area contributed by atoms with Gasteiger partial charge in [-0.05, 0) is 51.9 Å². The Kier molecular flexibility index (Phi) is 5.00. The zero-order chi connectivity index (χ0) is 18.8. The number of aromatic nitrogens is 4. The molecule has 27 heavy (non-hydrogen) atoms. The predicted octanol–water partition coefficient (Wildman–Crippen LogP) is 3.20. The van der Waals surface area contributed by atoms with Gasteiger partial charge in [0.25, 0.3) is 5.91 Å². The number of nitrogens with zero attached hydrogens (tertiary/aromatic N) is 4. The summed E-state index contributed by atoms with van der Waals surface area (Å²) < 4.78 is 1.89. The van der Waals surface area contributed by atoms with Crippen LogP contribution in [0.4, 0.5) is 5.69 Å². The Hall–Kier alpha value is -2.58. The second-order valence-corrected chi connectivity index (χ2v) is 7.80. The summed E-state index contributed by atoms with van der Waals surface area (Å²) in [7, 11) is 0. The van der Waals surface area contributed by atoms with E-state index in [9.17, 15) is 4.79 Å². The van der Waals surface area contributed by atoms with Gasteiger partial charge in [-0.25, -0.2) is 9.67 Å². The van der Waals surface area contributed by atoms with Gasteiger partial charge in [-0.3, -0.25) is 4.79 Å². The third kappa shape index (κ3) is 3.77. The van der Waals surface area contributed by atoms with Crippen molar-refractivity contribution in [2.45, 2.75) is 32.7 Å². The molecule has 140 valence electrons. The van der Waals surface area contributed by atoms with Crippen LogP contribution in [-0.2, 0) is 0 Å². The fourth-order valence-corrected chi connectivity index (χ4v) is 4.01. The van der Waals surface area contributed by atoms with E-state index in [1.165, 1.54) is 0 Å². The van der Waals surface area contributed by atoms with Crippen molar-refractivity contribution in [1.29, 1.82) is 0 Å². The number of amides is 1. The van der Waals surface area contributed by atoms with Crippen LogP contribution in [-0.4, -0.2) is 39.0 Å². The maximum atomic E-state index is 12.7. The molecule has 3 heterocycles. The zero-order valence-electron chi connectivity index (χ0n) is 15.4. The summed E-state index contributed by atoms with van der Waals surface area (Å²) in [6, 6.07) is 8.00. The molecule has 1 aliphatic heterocycles. The molecule has 2 aromatic heterocycles. The predicted molar refractivity (Wildman–Crippen MR) is 106 cm³/mol. The van der Waals surface area contributed by atoms with Crippen LogP contribution in [0.1, 0.15) is 40.1 Å². The second kappa shape index (κ2) is 7.58. The second-order valence-electron chi connectivity index (χ2n) is 6.74. The Morgan fingerprint density at radius 2 is 2.11 bits per heavy atom. The zero-order valence-corrected chi connectivity index (χ0v) is 16.2. The molecule has 1 aromatic carbocycles. The minimum Gasteiger partial charge on any atom is -0.321 e. The first-order valence-corrected chi connectivity index (χ1v) is 9.96. The smallest absolute Gasteiger partial charge is 0.278 e. The van der Waals surface area contributed by atoms with Crippen molar-refractivity contribution in [1.82, 2.24) is 25.3 Å². The standard InChI is InChI=1S/C19H22N6OS/c1-12-18(23-24-25(12)16-6-8-20-9-7-16)19(26)22-15-5-3-4-14(10-15)17-11-27-13(2)21-17/h3-5,10-11,16,20H,6-9H2,1-2H3,(H,22,26).